The average Bonchev–Trinajstić information content (AvgIpc) is 2.87. The van der Waals surface area contributed by atoms with Crippen LogP contribution in [0.1, 0.15) is 32.1 Å². The largest absolute Gasteiger partial charge is 0.481 e. The van der Waals surface area contributed by atoms with Crippen LogP contribution in [0.4, 0.5) is 0 Å². The summed E-state index contributed by atoms with van der Waals surface area (Å²) in [6, 6.07) is 0.413. The third-order valence-electron chi connectivity index (χ3n) is 4.61. The zero-order valence-electron chi connectivity index (χ0n) is 11.8. The Morgan fingerprint density at radius 2 is 1.74 bits per heavy atom. The molecule has 0 bridgehead atoms. The monoisotopic (exact) mass is 268 g/mol. The predicted octanol–water partition coefficient (Wildman–Crippen LogP) is 1.04. The number of rotatable bonds is 3. The number of hydrogen-bond donors (Lipinski definition) is 1. The van der Waals surface area contributed by atoms with Gasteiger partial charge in [-0.25, -0.2) is 0 Å². The van der Waals surface area contributed by atoms with Gasteiger partial charge >= 0.3 is 5.97 Å². The molecule has 0 radical (unpaired) electrons. The molecule has 108 valence electrons. The van der Waals surface area contributed by atoms with Crippen molar-refractivity contribution in [1.29, 1.82) is 0 Å². The van der Waals surface area contributed by atoms with E-state index in [-0.39, 0.29) is 11.8 Å². The van der Waals surface area contributed by atoms with Gasteiger partial charge in [0.1, 0.15) is 0 Å². The fourth-order valence-electron chi connectivity index (χ4n) is 3.32. The van der Waals surface area contributed by atoms with Gasteiger partial charge < -0.3 is 14.9 Å². The number of nitrogens with zero attached hydrogens (tertiary/aromatic N) is 2. The zero-order chi connectivity index (χ0) is 14.0. The van der Waals surface area contributed by atoms with Crippen LogP contribution in [0.3, 0.4) is 0 Å². The summed E-state index contributed by atoms with van der Waals surface area (Å²) in [6.45, 7) is 1.51. The second-order valence-electron chi connectivity index (χ2n) is 6.03. The maximum absolute atomic E-state index is 12.5. The molecule has 2 aliphatic rings. The Hall–Kier alpha value is -1.10. The highest BCUT2D eigenvalue weighted by molar-refractivity contribution is 5.85. The summed E-state index contributed by atoms with van der Waals surface area (Å²) >= 11 is 0. The van der Waals surface area contributed by atoms with Gasteiger partial charge in [0.2, 0.25) is 5.91 Å². The van der Waals surface area contributed by atoms with Crippen LogP contribution in [-0.4, -0.2) is 60.0 Å². The van der Waals surface area contributed by atoms with Crippen molar-refractivity contribution in [3.05, 3.63) is 0 Å². The molecule has 1 N–H and O–H groups in total. The van der Waals surface area contributed by atoms with E-state index >= 15 is 0 Å². The Balaban J connectivity index is 2.00. The van der Waals surface area contributed by atoms with E-state index in [0.29, 0.717) is 12.5 Å². The minimum Gasteiger partial charge on any atom is -0.481 e. The zero-order valence-corrected chi connectivity index (χ0v) is 11.8. The molecule has 0 spiro atoms. The van der Waals surface area contributed by atoms with E-state index in [0.717, 1.165) is 38.8 Å². The molecule has 19 heavy (non-hydrogen) atoms. The minimum atomic E-state index is -0.804. The van der Waals surface area contributed by atoms with Gasteiger partial charge in [-0.3, -0.25) is 9.59 Å². The van der Waals surface area contributed by atoms with Crippen molar-refractivity contribution in [2.75, 3.05) is 27.2 Å². The van der Waals surface area contributed by atoms with Crippen LogP contribution < -0.4 is 0 Å². The van der Waals surface area contributed by atoms with Crippen molar-refractivity contribution < 1.29 is 14.7 Å². The van der Waals surface area contributed by atoms with Crippen molar-refractivity contribution in [2.24, 2.45) is 11.8 Å². The minimum absolute atomic E-state index is 0.0662. The molecular formula is C14H24N2O3. The number of amides is 1. The quantitative estimate of drug-likeness (QED) is 0.831. The topological polar surface area (TPSA) is 60.9 Å². The van der Waals surface area contributed by atoms with Crippen molar-refractivity contribution >= 4 is 11.9 Å². The second kappa shape index (κ2) is 5.90. The number of carbonyl (C=O) groups is 2. The van der Waals surface area contributed by atoms with Gasteiger partial charge in [-0.1, -0.05) is 12.8 Å². The van der Waals surface area contributed by atoms with Crippen LogP contribution in [0.5, 0.6) is 0 Å². The number of hydrogen-bond acceptors (Lipinski definition) is 3. The summed E-state index contributed by atoms with van der Waals surface area (Å²) in [5.41, 5.74) is 0. The van der Waals surface area contributed by atoms with Gasteiger partial charge in [-0.15, -0.1) is 0 Å². The van der Waals surface area contributed by atoms with Crippen molar-refractivity contribution in [2.45, 2.75) is 38.1 Å². The number of carboxylic acids is 1. The van der Waals surface area contributed by atoms with Crippen LogP contribution in [0.2, 0.25) is 0 Å². The van der Waals surface area contributed by atoms with E-state index < -0.39 is 11.9 Å². The van der Waals surface area contributed by atoms with Crippen molar-refractivity contribution in [3.63, 3.8) is 0 Å². The lowest BCUT2D eigenvalue weighted by molar-refractivity contribution is -0.152. The molecule has 3 atom stereocenters. The summed E-state index contributed by atoms with van der Waals surface area (Å²) in [6.07, 6.45) is 4.28. The molecule has 0 aromatic rings. The molecule has 1 amide bonds. The number of aliphatic carboxylic acids is 1. The molecule has 2 fully saturated rings. The highest BCUT2D eigenvalue weighted by atomic mass is 16.4. The first-order valence-electron chi connectivity index (χ1n) is 7.18. The fraction of sp³-hybridized carbons (Fsp3) is 0.857. The third kappa shape index (κ3) is 3.08. The lowest BCUT2D eigenvalue weighted by Crippen LogP contribution is -2.42. The molecule has 1 saturated carbocycles. The van der Waals surface area contributed by atoms with E-state index in [1.807, 2.05) is 19.0 Å². The van der Waals surface area contributed by atoms with E-state index in [4.69, 9.17) is 0 Å². The molecule has 1 aliphatic heterocycles. The number of likely N-dealkylation sites (N-methyl/N-ethyl adjacent to an activating group) is 1. The SMILES string of the molecule is CN(C)C1CCN(C(=O)C2CCCCC2C(=O)O)C1. The standard InChI is InChI=1S/C14H24N2O3/c1-15(2)10-7-8-16(9-10)13(17)11-5-3-4-6-12(11)14(18)19/h10-12H,3-9H2,1-2H3,(H,18,19). The highest BCUT2D eigenvalue weighted by Gasteiger charge is 2.39. The normalized spacial score (nSPS) is 31.7. The van der Waals surface area contributed by atoms with E-state index in [9.17, 15) is 14.7 Å². The first-order valence-corrected chi connectivity index (χ1v) is 7.18. The Bertz CT molecular complexity index is 357. The van der Waals surface area contributed by atoms with Gasteiger partial charge in [0.05, 0.1) is 11.8 Å². The summed E-state index contributed by atoms with van der Waals surface area (Å²) < 4.78 is 0. The van der Waals surface area contributed by atoms with Gasteiger partial charge in [-0.2, -0.15) is 0 Å². The predicted molar refractivity (Wildman–Crippen MR) is 71.8 cm³/mol. The Morgan fingerprint density at radius 1 is 1.11 bits per heavy atom. The molecule has 3 unspecified atom stereocenters. The summed E-state index contributed by atoms with van der Waals surface area (Å²) in [4.78, 5) is 27.8. The Morgan fingerprint density at radius 3 is 2.26 bits per heavy atom. The lowest BCUT2D eigenvalue weighted by Gasteiger charge is -2.31. The van der Waals surface area contributed by atoms with E-state index in [1.165, 1.54) is 0 Å². The maximum Gasteiger partial charge on any atom is 0.307 e. The smallest absolute Gasteiger partial charge is 0.307 e. The Kier molecular flexibility index (Phi) is 4.45. The molecule has 1 saturated heterocycles. The fourth-order valence-corrected chi connectivity index (χ4v) is 3.32. The number of carboxylic acid groups (broad SMARTS) is 1. The molecule has 0 aromatic heterocycles. The first kappa shape index (κ1) is 14.3. The lowest BCUT2D eigenvalue weighted by atomic mass is 9.78. The van der Waals surface area contributed by atoms with Gasteiger partial charge in [0, 0.05) is 19.1 Å². The van der Waals surface area contributed by atoms with E-state index in [1.54, 1.807) is 0 Å². The third-order valence-corrected chi connectivity index (χ3v) is 4.61. The van der Waals surface area contributed by atoms with Crippen LogP contribution in [0, 0.1) is 11.8 Å². The average molecular weight is 268 g/mol. The molecule has 0 aromatic carbocycles. The summed E-state index contributed by atoms with van der Waals surface area (Å²) in [5.74, 6) is -1.51. The van der Waals surface area contributed by atoms with Gasteiger partial charge in [0.15, 0.2) is 0 Å². The molecular weight excluding hydrogens is 244 g/mol. The molecule has 2 rings (SSSR count). The van der Waals surface area contributed by atoms with Crippen molar-refractivity contribution in [3.8, 4) is 0 Å². The molecule has 1 heterocycles. The summed E-state index contributed by atoms with van der Waals surface area (Å²) in [7, 11) is 4.05. The van der Waals surface area contributed by atoms with Crippen LogP contribution >= 0.6 is 0 Å². The number of likely N-dealkylation sites (tertiary alicyclic amines) is 1. The number of carbonyl (C=O) groups excluding carboxylic acids is 1. The molecule has 5 heteroatoms. The van der Waals surface area contributed by atoms with Crippen molar-refractivity contribution in [1.82, 2.24) is 9.80 Å². The second-order valence-corrected chi connectivity index (χ2v) is 6.03. The van der Waals surface area contributed by atoms with E-state index in [2.05, 4.69) is 4.90 Å². The van der Waals surface area contributed by atoms with Gasteiger partial charge in [-0.05, 0) is 33.4 Å². The first-order chi connectivity index (χ1) is 9.00. The molecule has 1 aliphatic carbocycles. The van der Waals surface area contributed by atoms with Gasteiger partial charge in [0.25, 0.3) is 0 Å². The summed E-state index contributed by atoms with van der Waals surface area (Å²) in [5, 5.41) is 9.26. The highest BCUT2D eigenvalue weighted by Crippen LogP contribution is 2.32. The Labute approximate surface area is 114 Å². The van der Waals surface area contributed by atoms with Crippen LogP contribution in [0.25, 0.3) is 0 Å². The van der Waals surface area contributed by atoms with Crippen LogP contribution in [0.15, 0.2) is 0 Å². The maximum atomic E-state index is 12.5. The van der Waals surface area contributed by atoms with Crippen LogP contribution in [-0.2, 0) is 9.59 Å². The molecule has 5 nitrogen and oxygen atoms in total.